The second-order valence-corrected chi connectivity index (χ2v) is 12.3. The van der Waals surface area contributed by atoms with Crippen molar-refractivity contribution in [3.8, 4) is 5.75 Å². The number of sulfone groups is 1. The molecule has 1 heterocycles. The fourth-order valence-corrected chi connectivity index (χ4v) is 6.42. The maximum Gasteiger partial charge on any atom is 0.150 e. The first-order valence-corrected chi connectivity index (χ1v) is 14.7. The molecule has 4 rings (SSSR count). The van der Waals surface area contributed by atoms with Gasteiger partial charge in [0, 0.05) is 15.8 Å². The summed E-state index contributed by atoms with van der Waals surface area (Å²) in [6, 6.07) is 19.9. The largest absolute Gasteiger partial charge is 0.494 e. The molecule has 0 saturated carbocycles. The zero-order valence-electron chi connectivity index (χ0n) is 20.6. The number of hydrogen-bond donors (Lipinski definition) is 2. The van der Waals surface area contributed by atoms with E-state index in [1.54, 1.807) is 24.3 Å². The van der Waals surface area contributed by atoms with Gasteiger partial charge in [-0.25, -0.2) is 8.42 Å². The van der Waals surface area contributed by atoms with Crippen molar-refractivity contribution >= 4 is 45.4 Å². The summed E-state index contributed by atoms with van der Waals surface area (Å²) in [5.74, 6) is 0.959. The van der Waals surface area contributed by atoms with E-state index in [1.165, 1.54) is 0 Å². The van der Waals surface area contributed by atoms with Gasteiger partial charge in [0.25, 0.3) is 0 Å². The quantitative estimate of drug-likeness (QED) is 0.280. The van der Waals surface area contributed by atoms with Crippen LogP contribution in [0.4, 0.5) is 0 Å². The van der Waals surface area contributed by atoms with Gasteiger partial charge in [-0.05, 0) is 84.5 Å². The summed E-state index contributed by atoms with van der Waals surface area (Å²) in [5, 5.41) is 17.1. The molecular weight excluding hydrogens is 553 g/mol. The number of ether oxygens (including phenoxy) is 1. The van der Waals surface area contributed by atoms with Gasteiger partial charge in [-0.3, -0.25) is 0 Å². The number of benzene rings is 3. The number of aliphatic hydroxyl groups is 1. The van der Waals surface area contributed by atoms with Crippen LogP contribution in [0.2, 0.25) is 10.0 Å². The monoisotopic (exact) mass is 583 g/mol. The Morgan fingerprint density at radius 3 is 2.14 bits per heavy atom. The second-order valence-electron chi connectivity index (χ2n) is 9.13. The van der Waals surface area contributed by atoms with E-state index in [4.69, 9.17) is 27.9 Å². The van der Waals surface area contributed by atoms with Gasteiger partial charge in [-0.1, -0.05) is 60.5 Å². The molecule has 0 aromatic heterocycles. The molecule has 9 heteroatoms. The third-order valence-electron chi connectivity index (χ3n) is 6.54. The lowest BCUT2D eigenvalue weighted by atomic mass is 9.74. The zero-order valence-corrected chi connectivity index (χ0v) is 23.8. The fraction of sp³-hybridized carbons (Fsp3) is 0.357. The Morgan fingerprint density at radius 2 is 1.57 bits per heavy atom. The van der Waals surface area contributed by atoms with Crippen LogP contribution in [0.3, 0.4) is 0 Å². The van der Waals surface area contributed by atoms with E-state index in [9.17, 15) is 13.5 Å². The smallest absolute Gasteiger partial charge is 0.150 e. The molecule has 0 bridgehead atoms. The van der Waals surface area contributed by atoms with Gasteiger partial charge in [-0.2, -0.15) is 0 Å². The predicted octanol–water partition coefficient (Wildman–Crippen LogP) is 6.13. The minimum atomic E-state index is -3.04. The van der Waals surface area contributed by atoms with Crippen LogP contribution in [0, 0.1) is 0 Å². The molecule has 1 unspecified atom stereocenters. The van der Waals surface area contributed by atoms with Gasteiger partial charge < -0.3 is 15.2 Å². The molecule has 0 radical (unpaired) electrons. The Bertz CT molecular complexity index is 1240. The van der Waals surface area contributed by atoms with Gasteiger partial charge in [0.05, 0.1) is 18.4 Å². The van der Waals surface area contributed by atoms with Gasteiger partial charge >= 0.3 is 0 Å². The predicted molar refractivity (Wildman–Crippen MR) is 153 cm³/mol. The van der Waals surface area contributed by atoms with E-state index in [0.717, 1.165) is 17.5 Å². The number of rotatable bonds is 10. The summed E-state index contributed by atoms with van der Waals surface area (Å²) in [5.41, 5.74) is 2.05. The highest BCUT2D eigenvalue weighted by atomic mass is 35.5. The Hall–Kier alpha value is -1.80. The van der Waals surface area contributed by atoms with Crippen LogP contribution >= 0.6 is 35.6 Å². The van der Waals surface area contributed by atoms with Crippen LogP contribution in [-0.4, -0.2) is 38.2 Å². The first kappa shape index (κ1) is 29.8. The molecule has 1 atom stereocenters. The highest BCUT2D eigenvalue weighted by molar-refractivity contribution is 7.91. The van der Waals surface area contributed by atoms with E-state index in [2.05, 4.69) is 5.32 Å². The van der Waals surface area contributed by atoms with Gasteiger partial charge in [-0.15, -0.1) is 12.4 Å². The van der Waals surface area contributed by atoms with Crippen LogP contribution in [0.25, 0.3) is 0 Å². The summed E-state index contributed by atoms with van der Waals surface area (Å²) in [4.78, 5) is 0. The minimum Gasteiger partial charge on any atom is -0.494 e. The van der Waals surface area contributed by atoms with Crippen LogP contribution in [0.15, 0.2) is 66.7 Å². The van der Waals surface area contributed by atoms with Crippen LogP contribution in [0.1, 0.15) is 48.1 Å². The Morgan fingerprint density at radius 1 is 0.973 bits per heavy atom. The van der Waals surface area contributed by atoms with E-state index in [-0.39, 0.29) is 23.9 Å². The number of nitrogens with one attached hydrogen (secondary N) is 1. The van der Waals surface area contributed by atoms with Crippen molar-refractivity contribution in [1.82, 2.24) is 5.32 Å². The molecule has 1 aliphatic rings. The van der Waals surface area contributed by atoms with Crippen LogP contribution < -0.4 is 10.1 Å². The number of fused-ring (bicyclic) bond motifs is 1. The van der Waals surface area contributed by atoms with Crippen LogP contribution in [-0.2, 0) is 21.9 Å². The molecule has 5 nitrogen and oxygen atoms in total. The lowest BCUT2D eigenvalue weighted by Gasteiger charge is -2.41. The number of halogens is 3. The van der Waals surface area contributed by atoms with E-state index in [1.807, 2.05) is 49.4 Å². The van der Waals surface area contributed by atoms with Gasteiger partial charge in [0.15, 0.2) is 0 Å². The highest BCUT2D eigenvalue weighted by Gasteiger charge is 2.43. The normalized spacial score (nSPS) is 15.5. The fourth-order valence-electron chi connectivity index (χ4n) is 4.78. The third-order valence-corrected chi connectivity index (χ3v) is 8.99. The maximum absolute atomic E-state index is 12.4. The molecule has 1 aliphatic heterocycles. The van der Waals surface area contributed by atoms with Crippen molar-refractivity contribution < 1.29 is 18.3 Å². The summed E-state index contributed by atoms with van der Waals surface area (Å²) >= 11 is 12.3. The molecule has 3 aromatic rings. The second kappa shape index (κ2) is 12.8. The molecular formula is C28H32Cl3NO4S. The van der Waals surface area contributed by atoms with Crippen molar-refractivity contribution in [2.24, 2.45) is 0 Å². The molecule has 37 heavy (non-hydrogen) atoms. The summed E-state index contributed by atoms with van der Waals surface area (Å²) in [6.07, 6.45) is 1.87. The van der Waals surface area contributed by atoms with E-state index >= 15 is 0 Å². The average Bonchev–Trinajstić information content (AvgIpc) is 2.86. The highest BCUT2D eigenvalue weighted by Crippen LogP contribution is 2.44. The standard InChI is InChI=1S/C28H31Cl2NO4S.ClH/c1-2-17-36(33,34)18-3-16-35-25-13-4-20-14-15-31-27(26(20)19-25)28(32,21-5-9-23(29)10-6-21)22-7-11-24(30)12-8-22;/h4-13,19,27,31-32H,2-3,14-18H2,1H3;1H. The molecule has 0 fully saturated rings. The van der Waals surface area contributed by atoms with E-state index in [0.29, 0.717) is 52.9 Å². The summed E-state index contributed by atoms with van der Waals surface area (Å²) in [6.45, 7) is 2.87. The first-order valence-electron chi connectivity index (χ1n) is 12.2. The topological polar surface area (TPSA) is 75.6 Å². The average molecular weight is 585 g/mol. The minimum absolute atomic E-state index is 0. The molecule has 0 aliphatic carbocycles. The van der Waals surface area contributed by atoms with Crippen molar-refractivity contribution in [2.45, 2.75) is 37.8 Å². The van der Waals surface area contributed by atoms with Crippen molar-refractivity contribution in [1.29, 1.82) is 0 Å². The summed E-state index contributed by atoms with van der Waals surface area (Å²) < 4.78 is 29.9. The molecule has 200 valence electrons. The van der Waals surface area contributed by atoms with Crippen LogP contribution in [0.5, 0.6) is 5.75 Å². The third kappa shape index (κ3) is 6.99. The molecule has 3 aromatic carbocycles. The lowest BCUT2D eigenvalue weighted by molar-refractivity contribution is 0.0338. The van der Waals surface area contributed by atoms with Gasteiger partial charge in [0.2, 0.25) is 0 Å². The lowest BCUT2D eigenvalue weighted by Crippen LogP contribution is -2.46. The first-order chi connectivity index (χ1) is 17.2. The molecule has 0 saturated heterocycles. The summed E-state index contributed by atoms with van der Waals surface area (Å²) in [7, 11) is -3.04. The Labute approximate surface area is 235 Å². The SMILES string of the molecule is CCCS(=O)(=O)CCCOc1ccc2c(c1)C(C(O)(c1ccc(Cl)cc1)c1ccc(Cl)cc1)NCC2.Cl. The van der Waals surface area contributed by atoms with Crippen molar-refractivity contribution in [2.75, 3.05) is 24.7 Å². The maximum atomic E-state index is 12.4. The molecule has 2 N–H and O–H groups in total. The Kier molecular flexibility index (Phi) is 10.3. The zero-order chi connectivity index (χ0) is 25.8. The van der Waals surface area contributed by atoms with Crippen molar-refractivity contribution in [3.63, 3.8) is 0 Å². The number of hydrogen-bond acceptors (Lipinski definition) is 5. The Balaban J connectivity index is 0.00000380. The van der Waals surface area contributed by atoms with Crippen molar-refractivity contribution in [3.05, 3.63) is 99.0 Å². The molecule has 0 amide bonds. The van der Waals surface area contributed by atoms with E-state index < -0.39 is 21.5 Å². The molecule has 0 spiro atoms. The van der Waals surface area contributed by atoms with Gasteiger partial charge in [0.1, 0.15) is 21.2 Å².